The topological polar surface area (TPSA) is 540 Å². The summed E-state index contributed by atoms with van der Waals surface area (Å²) in [5.74, 6) is 5.14. The summed E-state index contributed by atoms with van der Waals surface area (Å²) in [4.78, 5) is 11.7. The van der Waals surface area contributed by atoms with Gasteiger partial charge in [-0.3, -0.25) is 4.79 Å². The van der Waals surface area contributed by atoms with Gasteiger partial charge in [0.2, 0.25) is 15.9 Å². The Morgan fingerprint density at radius 3 is 1.06 bits per heavy atom. The Kier molecular flexibility index (Phi) is 101. The van der Waals surface area contributed by atoms with Gasteiger partial charge in [-0.15, -0.1) is 0 Å². The number of amides is 1. The lowest BCUT2D eigenvalue weighted by Gasteiger charge is -2.29. The third-order valence-corrected chi connectivity index (χ3v) is 23.0. The van der Waals surface area contributed by atoms with E-state index in [9.17, 15) is 100 Å². The number of hydrogen-bond donors (Lipinski definition) is 27. The minimum atomic E-state index is -3.10. The summed E-state index contributed by atoms with van der Waals surface area (Å²) in [7, 11) is -3.10. The van der Waals surface area contributed by atoms with Crippen molar-refractivity contribution in [2.45, 2.75) is 449 Å². The van der Waals surface area contributed by atoms with Crippen LogP contribution in [-0.4, -0.2) is 324 Å². The third kappa shape index (κ3) is 95.5. The number of aliphatic hydroxyl groups excluding tert-OH is 20. The van der Waals surface area contributed by atoms with Crippen molar-refractivity contribution in [3.8, 4) is 0 Å². The van der Waals surface area contributed by atoms with Crippen molar-refractivity contribution in [2.75, 3.05) is 104 Å². The molecule has 0 bridgehead atoms. The highest BCUT2D eigenvalue weighted by Crippen LogP contribution is 2.19. The lowest BCUT2D eigenvalue weighted by Crippen LogP contribution is -2.54. The van der Waals surface area contributed by atoms with Crippen molar-refractivity contribution in [3.63, 3.8) is 0 Å². The SMILES string of the molecule is CC(C)(C)CCNCC(O)C(O)C(O)C(O)C(O)CO.CCC(CO)(CO)NC(=O)CCNCCC(C)C.CCC(CO)CCCCS(=O)(=O)NCCC(C)C.CCC(O)C(O)C(O)CCNCCC(C)C.CCC(O)C(O)C(O)CNCCC(C)C.CCC(O)C(O)CCCCCC(C)C.CCC(O)C(O)CNCCC(C)C.CCC(O)CCCCCC(C)C. The maximum absolute atomic E-state index is 11.7. The summed E-state index contributed by atoms with van der Waals surface area (Å²) < 4.78 is 25.9. The molecule has 0 aliphatic heterocycles. The number of sulfonamides is 1. The number of hydrogen-bond acceptors (Lipinski definition) is 28. The zero-order valence-electron chi connectivity index (χ0n) is 84.5. The molecular weight excluding hydrogens is 1640 g/mol. The van der Waals surface area contributed by atoms with Crippen molar-refractivity contribution < 1.29 is 115 Å². The van der Waals surface area contributed by atoms with Gasteiger partial charge in [-0.2, -0.15) is 0 Å². The molecule has 27 N–H and O–H groups in total. The molecule has 0 aromatic rings. The Bertz CT molecular complexity index is 2330. The Labute approximate surface area is 770 Å². The largest absolute Gasteiger partial charge is 0.396 e. The highest BCUT2D eigenvalue weighted by atomic mass is 32.2. The molecule has 30 nitrogen and oxygen atoms in total. The molecule has 126 heavy (non-hydrogen) atoms. The van der Waals surface area contributed by atoms with E-state index < -0.39 is 114 Å². The van der Waals surface area contributed by atoms with Gasteiger partial charge < -0.3 is 134 Å². The van der Waals surface area contributed by atoms with Crippen LogP contribution in [0.5, 0.6) is 0 Å². The van der Waals surface area contributed by atoms with E-state index in [0.717, 1.165) is 121 Å². The molecule has 0 rings (SSSR count). The van der Waals surface area contributed by atoms with Gasteiger partial charge >= 0.3 is 0 Å². The Balaban J connectivity index is -0.000000211. The summed E-state index contributed by atoms with van der Waals surface area (Å²) >= 11 is 0. The van der Waals surface area contributed by atoms with E-state index >= 15 is 0 Å². The highest BCUT2D eigenvalue weighted by molar-refractivity contribution is 7.89. The van der Waals surface area contributed by atoms with Gasteiger partial charge in [0, 0.05) is 45.8 Å². The molecule has 0 heterocycles. The molecule has 17 atom stereocenters. The monoisotopic (exact) mass is 1850 g/mol. The number of carbonyl (C=O) groups excluding carboxylic acids is 1. The van der Waals surface area contributed by atoms with Crippen molar-refractivity contribution in [3.05, 3.63) is 0 Å². The maximum atomic E-state index is 11.7. The van der Waals surface area contributed by atoms with Gasteiger partial charge in [-0.25, -0.2) is 13.1 Å². The summed E-state index contributed by atoms with van der Waals surface area (Å²) in [6.07, 6.45) is 9.76. The third-order valence-electron chi connectivity index (χ3n) is 21.6. The zero-order valence-corrected chi connectivity index (χ0v) is 85.4. The maximum Gasteiger partial charge on any atom is 0.221 e. The number of nitrogens with one attached hydrogen (secondary N) is 7. The van der Waals surface area contributed by atoms with Crippen LogP contribution < -0.4 is 36.6 Å². The number of aliphatic hydroxyl groups is 20. The van der Waals surface area contributed by atoms with Gasteiger partial charge in [0.1, 0.15) is 36.6 Å². The summed E-state index contributed by atoms with van der Waals surface area (Å²) in [5.41, 5.74) is -0.730. The van der Waals surface area contributed by atoms with E-state index in [4.69, 9.17) is 15.3 Å². The van der Waals surface area contributed by atoms with Gasteiger partial charge in [0.25, 0.3) is 0 Å². The van der Waals surface area contributed by atoms with Crippen LogP contribution in [0.4, 0.5) is 0 Å². The molecule has 0 aliphatic carbocycles. The molecule has 0 aromatic carbocycles. The minimum Gasteiger partial charge on any atom is -0.396 e. The van der Waals surface area contributed by atoms with Crippen molar-refractivity contribution in [1.82, 2.24) is 36.6 Å². The molecule has 31 heteroatoms. The Morgan fingerprint density at radius 2 is 0.667 bits per heavy atom. The van der Waals surface area contributed by atoms with Crippen molar-refractivity contribution in [2.24, 2.45) is 52.8 Å². The van der Waals surface area contributed by atoms with Crippen LogP contribution in [0.3, 0.4) is 0 Å². The average molecular weight is 1850 g/mol. The van der Waals surface area contributed by atoms with Gasteiger partial charge in [0.15, 0.2) is 0 Å². The van der Waals surface area contributed by atoms with Crippen LogP contribution >= 0.6 is 0 Å². The fourth-order valence-electron chi connectivity index (χ4n) is 11.4. The van der Waals surface area contributed by atoms with Crippen LogP contribution in [0.2, 0.25) is 0 Å². The molecule has 770 valence electrons. The van der Waals surface area contributed by atoms with Crippen molar-refractivity contribution in [1.29, 1.82) is 0 Å². The van der Waals surface area contributed by atoms with Crippen LogP contribution in [0.25, 0.3) is 0 Å². The molecular formula is C95H211N7O23S. The Morgan fingerprint density at radius 1 is 0.310 bits per heavy atom. The van der Waals surface area contributed by atoms with E-state index in [2.05, 4.69) is 154 Å². The molecule has 0 radical (unpaired) electrons. The van der Waals surface area contributed by atoms with E-state index in [1.165, 1.54) is 44.9 Å². The molecule has 0 spiro atoms. The molecule has 0 fully saturated rings. The quantitative estimate of drug-likeness (QED) is 0.0260. The zero-order chi connectivity index (χ0) is 99.0. The first-order valence-electron chi connectivity index (χ1n) is 48.9. The van der Waals surface area contributed by atoms with Crippen LogP contribution in [0.15, 0.2) is 0 Å². The van der Waals surface area contributed by atoms with Crippen LogP contribution in [-0.2, 0) is 14.8 Å². The predicted octanol–water partition coefficient (Wildman–Crippen LogP) is 7.67. The van der Waals surface area contributed by atoms with Gasteiger partial charge in [-0.1, -0.05) is 230 Å². The van der Waals surface area contributed by atoms with Crippen LogP contribution in [0.1, 0.15) is 346 Å². The summed E-state index contributed by atoms with van der Waals surface area (Å²) in [5, 5.41) is 205. The lowest BCUT2D eigenvalue weighted by atomic mass is 9.92. The number of rotatable bonds is 69. The summed E-state index contributed by atoms with van der Waals surface area (Å²) in [6, 6.07) is 0. The first kappa shape index (κ1) is 140. The number of carbonyl (C=O) groups is 1. The van der Waals surface area contributed by atoms with E-state index in [0.29, 0.717) is 126 Å². The molecule has 0 aromatic heterocycles. The van der Waals surface area contributed by atoms with Crippen LogP contribution in [0, 0.1) is 52.8 Å². The lowest BCUT2D eigenvalue weighted by molar-refractivity contribution is -0.139. The summed E-state index contributed by atoms with van der Waals surface area (Å²) in [6.45, 7) is 55.7. The predicted molar refractivity (Wildman–Crippen MR) is 517 cm³/mol. The van der Waals surface area contributed by atoms with Gasteiger partial charge in [0.05, 0.1) is 92.2 Å². The molecule has 0 aliphatic rings. The first-order valence-corrected chi connectivity index (χ1v) is 50.6. The second-order valence-corrected chi connectivity index (χ2v) is 40.5. The molecule has 17 unspecified atom stereocenters. The molecule has 0 saturated heterocycles. The van der Waals surface area contributed by atoms with Gasteiger partial charge in [-0.05, 0) is 201 Å². The van der Waals surface area contributed by atoms with E-state index in [1.807, 2.05) is 34.6 Å². The fraction of sp³-hybridized carbons (Fsp3) is 0.989. The highest BCUT2D eigenvalue weighted by Gasteiger charge is 2.34. The van der Waals surface area contributed by atoms with E-state index in [-0.39, 0.29) is 49.5 Å². The normalized spacial score (nSPS) is 16.0. The Hall–Kier alpha value is -1.62. The second kappa shape index (κ2) is 91.2. The van der Waals surface area contributed by atoms with Crippen molar-refractivity contribution >= 4 is 15.9 Å². The second-order valence-electron chi connectivity index (χ2n) is 38.6. The smallest absolute Gasteiger partial charge is 0.221 e. The fourth-order valence-corrected chi connectivity index (χ4v) is 12.6. The minimum absolute atomic E-state index is 0.0518. The molecule has 0 saturated carbocycles. The average Bonchev–Trinajstić information content (AvgIpc) is 0.879. The molecule has 1 amide bonds. The van der Waals surface area contributed by atoms with E-state index in [1.54, 1.807) is 13.8 Å². The first-order chi connectivity index (χ1) is 58.8. The number of unbranched alkanes of at least 4 members (excludes halogenated alkanes) is 5. The standard InChI is InChI=1S/C13H28N2O3.C13H29NO6.C13H29NO3S.C12H27NO3.C12H26O2.C11H25NO3.C11H24O.C10H23NO2/c1-4-13(9-16,10-17)15-12(18)6-8-14-7-5-11(2)3;1-13(2,3)4-5-14-6-8(16)10(18)12(20)11(19)9(17)7-15;1-4-13(11-15)7-5-6-10-18(16,17)14-9-8-12(2)3;1-4-10(14)12(16)11(15)6-8-13-7-5-9(2)3;1-4-11(13)12(14)9-7-5-6-8-10(2)3;1-4-9(13)11(15)10(14)7-12-6-5-8(2)3;1-4-11(12)9-7-5-6-8-10(2)3;1-4-9(12)10(13)7-11-6-5-8(2)3/h11,14,16-17H,4-10H2,1-3H3,(H,15,18);8-12,14-20H,4-7H2,1-3H3;12-15H,4-11H2,1-3H3;9-16H,4-8H2,1-3H3;10-14H,4-9H2,1-3H3;8-15H,4-7H2,1-3H3;10-12H,4-9H2,1-3H3;8-13H,4-7H2,1-3H3.